The van der Waals surface area contributed by atoms with Crippen LogP contribution in [0.2, 0.25) is 0 Å². The Bertz CT molecular complexity index is 327. The quantitative estimate of drug-likeness (QED) is 0.664. The maximum Gasteiger partial charge on any atom is 0.139 e. The molecule has 2 bridgehead atoms. The highest BCUT2D eigenvalue weighted by atomic mass is 16.1. The Kier molecular flexibility index (Phi) is 2.53. The van der Waals surface area contributed by atoms with Crippen molar-refractivity contribution >= 4 is 11.6 Å². The Morgan fingerprint density at radius 2 is 1.67 bits per heavy atom. The Morgan fingerprint density at radius 1 is 1.13 bits per heavy atom. The SMILES string of the molecule is CC(=O)C1C2C=CC(C2)C1C(=O)C(C)C. The van der Waals surface area contributed by atoms with Crippen molar-refractivity contribution in [2.45, 2.75) is 27.2 Å². The first-order chi connectivity index (χ1) is 7.02. The molecule has 4 atom stereocenters. The molecule has 0 aromatic heterocycles. The maximum absolute atomic E-state index is 12.1. The van der Waals surface area contributed by atoms with Crippen molar-refractivity contribution in [3.63, 3.8) is 0 Å². The fourth-order valence-electron chi connectivity index (χ4n) is 3.15. The summed E-state index contributed by atoms with van der Waals surface area (Å²) in [4.78, 5) is 23.7. The lowest BCUT2D eigenvalue weighted by molar-refractivity contribution is -0.133. The van der Waals surface area contributed by atoms with Gasteiger partial charge in [0.1, 0.15) is 11.6 Å². The second kappa shape index (κ2) is 3.58. The average molecular weight is 206 g/mol. The first kappa shape index (κ1) is 10.6. The van der Waals surface area contributed by atoms with Crippen molar-refractivity contribution < 1.29 is 9.59 Å². The molecule has 2 heteroatoms. The van der Waals surface area contributed by atoms with Gasteiger partial charge in [-0.05, 0) is 25.2 Å². The molecule has 0 aromatic carbocycles. The number of rotatable bonds is 3. The van der Waals surface area contributed by atoms with Crippen molar-refractivity contribution in [1.82, 2.24) is 0 Å². The van der Waals surface area contributed by atoms with Gasteiger partial charge in [-0.25, -0.2) is 0 Å². The van der Waals surface area contributed by atoms with Crippen molar-refractivity contribution in [1.29, 1.82) is 0 Å². The Balaban J connectivity index is 2.27. The van der Waals surface area contributed by atoms with Crippen LogP contribution in [0.3, 0.4) is 0 Å². The number of ketones is 2. The highest BCUT2D eigenvalue weighted by Gasteiger charge is 2.49. The molecule has 4 unspecified atom stereocenters. The fourth-order valence-corrected chi connectivity index (χ4v) is 3.15. The third kappa shape index (κ3) is 1.56. The molecule has 1 saturated carbocycles. The molecule has 0 saturated heterocycles. The van der Waals surface area contributed by atoms with Gasteiger partial charge in [0.15, 0.2) is 0 Å². The van der Waals surface area contributed by atoms with Crippen LogP contribution >= 0.6 is 0 Å². The van der Waals surface area contributed by atoms with E-state index in [-0.39, 0.29) is 29.3 Å². The minimum absolute atomic E-state index is 0.0301. The van der Waals surface area contributed by atoms with Gasteiger partial charge in [-0.3, -0.25) is 9.59 Å². The van der Waals surface area contributed by atoms with Crippen LogP contribution in [-0.2, 0) is 9.59 Å². The smallest absolute Gasteiger partial charge is 0.139 e. The monoisotopic (exact) mass is 206 g/mol. The van der Waals surface area contributed by atoms with Gasteiger partial charge in [-0.2, -0.15) is 0 Å². The van der Waals surface area contributed by atoms with Gasteiger partial charge in [0.2, 0.25) is 0 Å². The molecule has 2 aliphatic rings. The van der Waals surface area contributed by atoms with E-state index in [4.69, 9.17) is 0 Å². The summed E-state index contributed by atoms with van der Waals surface area (Å²) in [5, 5.41) is 0. The fraction of sp³-hybridized carbons (Fsp3) is 0.692. The number of carbonyl (C=O) groups is 2. The summed E-state index contributed by atoms with van der Waals surface area (Å²) in [6, 6.07) is 0. The predicted molar refractivity (Wildman–Crippen MR) is 58.2 cm³/mol. The average Bonchev–Trinajstić information content (AvgIpc) is 2.74. The standard InChI is InChI=1S/C13H18O2/c1-7(2)13(15)12-10-5-4-9(6-10)11(12)8(3)14/h4-5,7,9-12H,6H2,1-3H3. The molecule has 2 nitrogen and oxygen atoms in total. The number of carbonyl (C=O) groups excluding carboxylic acids is 2. The number of fused-ring (bicyclic) bond motifs is 2. The third-order valence-electron chi connectivity index (χ3n) is 3.83. The summed E-state index contributed by atoms with van der Waals surface area (Å²) < 4.78 is 0. The summed E-state index contributed by atoms with van der Waals surface area (Å²) in [5.41, 5.74) is 0. The molecule has 0 radical (unpaired) electrons. The van der Waals surface area contributed by atoms with Crippen LogP contribution in [-0.4, -0.2) is 11.6 Å². The van der Waals surface area contributed by atoms with E-state index in [1.54, 1.807) is 6.92 Å². The Labute approximate surface area is 90.7 Å². The molecule has 0 amide bonds. The minimum atomic E-state index is -0.0325. The van der Waals surface area contributed by atoms with E-state index in [0.29, 0.717) is 11.8 Å². The summed E-state index contributed by atoms with van der Waals surface area (Å²) in [5.74, 6) is 1.11. The molecule has 15 heavy (non-hydrogen) atoms. The molecule has 0 aliphatic heterocycles. The lowest BCUT2D eigenvalue weighted by atomic mass is 9.76. The first-order valence-electron chi connectivity index (χ1n) is 5.75. The van der Waals surface area contributed by atoms with Gasteiger partial charge in [-0.15, -0.1) is 0 Å². The first-order valence-corrected chi connectivity index (χ1v) is 5.75. The largest absolute Gasteiger partial charge is 0.300 e. The molecule has 0 spiro atoms. The van der Waals surface area contributed by atoms with E-state index in [9.17, 15) is 9.59 Å². The van der Waals surface area contributed by atoms with Crippen LogP contribution in [0.15, 0.2) is 12.2 Å². The molecular formula is C13H18O2. The predicted octanol–water partition coefficient (Wildman–Crippen LogP) is 2.24. The van der Waals surface area contributed by atoms with Gasteiger partial charge in [0.25, 0.3) is 0 Å². The van der Waals surface area contributed by atoms with E-state index < -0.39 is 0 Å². The highest BCUT2D eigenvalue weighted by molar-refractivity contribution is 5.91. The number of hydrogen-bond acceptors (Lipinski definition) is 2. The summed E-state index contributed by atoms with van der Waals surface area (Å²) in [7, 11) is 0. The van der Waals surface area contributed by atoms with Crippen molar-refractivity contribution in [3.8, 4) is 0 Å². The zero-order valence-corrected chi connectivity index (χ0v) is 9.57. The normalized spacial score (nSPS) is 37.6. The van der Waals surface area contributed by atoms with Crippen molar-refractivity contribution in [2.24, 2.45) is 29.6 Å². The molecule has 2 rings (SSSR count). The van der Waals surface area contributed by atoms with Crippen LogP contribution in [0.5, 0.6) is 0 Å². The molecule has 0 heterocycles. The highest BCUT2D eigenvalue weighted by Crippen LogP contribution is 2.49. The zero-order chi connectivity index (χ0) is 11.2. The van der Waals surface area contributed by atoms with Crippen LogP contribution < -0.4 is 0 Å². The molecule has 0 N–H and O–H groups in total. The van der Waals surface area contributed by atoms with Crippen molar-refractivity contribution in [2.75, 3.05) is 0 Å². The van der Waals surface area contributed by atoms with E-state index in [2.05, 4.69) is 12.2 Å². The number of allylic oxidation sites excluding steroid dienone is 2. The lowest BCUT2D eigenvalue weighted by Crippen LogP contribution is -2.34. The van der Waals surface area contributed by atoms with Crippen LogP contribution in [0.25, 0.3) is 0 Å². The van der Waals surface area contributed by atoms with Crippen LogP contribution in [0.4, 0.5) is 0 Å². The molecular weight excluding hydrogens is 188 g/mol. The Hall–Kier alpha value is -0.920. The van der Waals surface area contributed by atoms with E-state index in [1.807, 2.05) is 13.8 Å². The number of hydrogen-bond donors (Lipinski definition) is 0. The summed E-state index contributed by atoms with van der Waals surface area (Å²) in [6.07, 6.45) is 5.27. The molecule has 0 aromatic rings. The Morgan fingerprint density at radius 3 is 2.13 bits per heavy atom. The second-order valence-corrected chi connectivity index (χ2v) is 5.17. The maximum atomic E-state index is 12.1. The molecule has 1 fully saturated rings. The summed E-state index contributed by atoms with van der Waals surface area (Å²) in [6.45, 7) is 5.48. The molecule has 82 valence electrons. The topological polar surface area (TPSA) is 34.1 Å². The lowest BCUT2D eigenvalue weighted by Gasteiger charge is -2.26. The zero-order valence-electron chi connectivity index (χ0n) is 9.57. The van der Waals surface area contributed by atoms with Gasteiger partial charge >= 0.3 is 0 Å². The van der Waals surface area contributed by atoms with Gasteiger partial charge in [0, 0.05) is 17.8 Å². The number of Topliss-reactive ketones (excluding diaryl/α,β-unsaturated/α-hetero) is 2. The van der Waals surface area contributed by atoms with E-state index in [1.165, 1.54) is 0 Å². The van der Waals surface area contributed by atoms with E-state index >= 15 is 0 Å². The van der Waals surface area contributed by atoms with E-state index in [0.717, 1.165) is 6.42 Å². The van der Waals surface area contributed by atoms with Crippen LogP contribution in [0.1, 0.15) is 27.2 Å². The molecule has 2 aliphatic carbocycles. The minimum Gasteiger partial charge on any atom is -0.300 e. The van der Waals surface area contributed by atoms with Gasteiger partial charge < -0.3 is 0 Å². The summed E-state index contributed by atoms with van der Waals surface area (Å²) >= 11 is 0. The van der Waals surface area contributed by atoms with Crippen LogP contribution in [0, 0.1) is 29.6 Å². The third-order valence-corrected chi connectivity index (χ3v) is 3.83. The van der Waals surface area contributed by atoms with Gasteiger partial charge in [-0.1, -0.05) is 26.0 Å². The van der Waals surface area contributed by atoms with Crippen molar-refractivity contribution in [3.05, 3.63) is 12.2 Å². The second-order valence-electron chi connectivity index (χ2n) is 5.17. The van der Waals surface area contributed by atoms with Gasteiger partial charge in [0.05, 0.1) is 0 Å².